The minimum atomic E-state index is -0.0420. The van der Waals surface area contributed by atoms with Crippen LogP contribution in [-0.2, 0) is 33.6 Å². The molecule has 5 nitrogen and oxygen atoms in total. The summed E-state index contributed by atoms with van der Waals surface area (Å²) in [6.45, 7) is 22.5. The van der Waals surface area contributed by atoms with E-state index in [-0.39, 0.29) is 5.41 Å². The van der Waals surface area contributed by atoms with E-state index in [4.69, 9.17) is 4.42 Å². The van der Waals surface area contributed by atoms with Gasteiger partial charge in [-0.3, -0.25) is 0 Å². The Bertz CT molecular complexity index is 6910. The number of hydrogen-bond donors (Lipinski definition) is 0. The standard InChI is InChI=1S/C29H28N.C28H24N.C27H26N.C26H22NO/c1-18-13-27-22-9-10-23(16-22)28(27)17-26(18)29-25-12-11-21(20-7-5-4-6-8-20)15-24(25)14-19(2)30(29)3;1-19-15-22-11-7-8-12-23(22)18-27(19)28-26-14-13-24(21-9-5-4-6-10-21)17-25(26)16-20(2)29(28)3;1-17-10-9-13-22-24(17)26-25-21(14-18(2)28(26)5)15-20(16-23(25)27(22,3)4)19-11-7-6-8-12-19;1-17-13-21-11-12-28-25(21)16-24(17)26-23-10-9-20(19-7-5-4-6-8-19)15-22(23)14-18(2)27(26)3/h4-8,11-15,17,22-23H,9-10,16H2,1-3H3;4-18H,1-3H3;6-16H,1-5H3;4-16H,1-3H3/q4*+1. The van der Waals surface area contributed by atoms with Crippen molar-refractivity contribution in [3.63, 3.8) is 0 Å². The van der Waals surface area contributed by atoms with Crippen LogP contribution in [0.5, 0.6) is 0 Å². The molecule has 0 radical (unpaired) electrons. The normalized spacial score (nSPS) is 14.1. The van der Waals surface area contributed by atoms with E-state index in [2.05, 4.69) is 407 Å². The van der Waals surface area contributed by atoms with Gasteiger partial charge in [-0.25, -0.2) is 0 Å². The molecule has 0 amide bonds. The minimum Gasteiger partial charge on any atom is -0.464 e. The fourth-order valence-corrected chi connectivity index (χ4v) is 19.3. The molecule has 5 aromatic heterocycles. The first-order valence-corrected chi connectivity index (χ1v) is 41.0. The zero-order valence-electron chi connectivity index (χ0n) is 68.8. The summed E-state index contributed by atoms with van der Waals surface area (Å²) in [6.07, 6.45) is 5.90. The van der Waals surface area contributed by atoms with Crippen LogP contribution in [0, 0.1) is 55.4 Å². The van der Waals surface area contributed by atoms with E-state index in [1.54, 1.807) is 17.4 Å². The molecule has 0 saturated heterocycles. The molecular formula is C110H100N4O+4. The predicted molar refractivity (Wildman–Crippen MR) is 481 cm³/mol. The second-order valence-electron chi connectivity index (χ2n) is 33.4. The van der Waals surface area contributed by atoms with E-state index in [1.165, 1.54) is 219 Å². The lowest BCUT2D eigenvalue weighted by Gasteiger charge is -2.34. The Morgan fingerprint density at radius 2 is 0.678 bits per heavy atom. The summed E-state index contributed by atoms with van der Waals surface area (Å²) in [5.74, 6) is 1.60. The molecule has 1 saturated carbocycles. The van der Waals surface area contributed by atoms with Crippen molar-refractivity contribution < 1.29 is 22.7 Å². The maximum atomic E-state index is 5.68. The summed E-state index contributed by atoms with van der Waals surface area (Å²) >= 11 is 0. The molecule has 0 N–H and O–H groups in total. The Morgan fingerprint density at radius 1 is 0.287 bits per heavy atom. The van der Waals surface area contributed by atoms with Crippen molar-refractivity contribution >= 4 is 64.8 Å². The average Bonchev–Trinajstić information content (AvgIpc) is 1.57. The van der Waals surface area contributed by atoms with E-state index in [0.717, 1.165) is 22.8 Å². The smallest absolute Gasteiger partial charge is 0.221 e. The number of aryl methyl sites for hydroxylation is 8. The summed E-state index contributed by atoms with van der Waals surface area (Å²) in [5, 5.41) is 14.2. The van der Waals surface area contributed by atoms with Crippen LogP contribution in [0.15, 0.2) is 308 Å². The van der Waals surface area contributed by atoms with Crippen molar-refractivity contribution in [3.05, 3.63) is 371 Å². The highest BCUT2D eigenvalue weighted by atomic mass is 16.3. The van der Waals surface area contributed by atoms with Crippen LogP contribution in [0.1, 0.15) is 112 Å². The number of rotatable bonds is 7. The van der Waals surface area contributed by atoms with Crippen LogP contribution < -0.4 is 18.3 Å². The SMILES string of the molecule is Cc1cc2c(cc1-c1c3ccc(-c4ccccc4)cc3cc(C)[n+]1C)C1CCC2C1.Cc1cc2ccccc2cc1-c1c2ccc(-c3ccccc3)cc2cc(C)[n+]1C.Cc1cc2ccoc2cc1-c1c2ccc(-c3ccccc3)cc2cc(C)[n+]1C.Cc1cccc2c1-c1c3c(cc(-c4ccccc4)cc3cc(C)[n+]1C)C2(C)C. The van der Waals surface area contributed by atoms with Gasteiger partial charge in [-0.05, 0) is 259 Å². The molecule has 115 heavy (non-hydrogen) atoms. The largest absolute Gasteiger partial charge is 0.464 e. The molecule has 21 rings (SSSR count). The lowest BCUT2D eigenvalue weighted by atomic mass is 9.68. The fraction of sp³-hybridized carbons (Fsp3) is 0.182. The molecule has 2 atom stereocenters. The number of pyridine rings is 4. The van der Waals surface area contributed by atoms with Gasteiger partial charge in [0.25, 0.3) is 0 Å². The summed E-state index contributed by atoms with van der Waals surface area (Å²) in [7, 11) is 8.73. The van der Waals surface area contributed by atoms with Gasteiger partial charge in [0.1, 0.15) is 33.8 Å². The maximum Gasteiger partial charge on any atom is 0.221 e. The second-order valence-corrected chi connectivity index (χ2v) is 33.4. The molecule has 5 heteroatoms. The predicted octanol–water partition coefficient (Wildman–Crippen LogP) is 26.4. The molecule has 18 aromatic rings. The van der Waals surface area contributed by atoms with E-state index in [0.29, 0.717) is 0 Å². The van der Waals surface area contributed by atoms with Crippen LogP contribution in [0.3, 0.4) is 0 Å². The van der Waals surface area contributed by atoms with Gasteiger partial charge in [-0.1, -0.05) is 208 Å². The molecule has 1 fully saturated rings. The van der Waals surface area contributed by atoms with Crippen molar-refractivity contribution in [2.24, 2.45) is 28.2 Å². The highest BCUT2D eigenvalue weighted by Crippen LogP contribution is 2.55. The third-order valence-corrected chi connectivity index (χ3v) is 25.9. The molecule has 3 aliphatic rings. The van der Waals surface area contributed by atoms with Crippen molar-refractivity contribution in [1.82, 2.24) is 0 Å². The monoisotopic (exact) mass is 1490 g/mol. The molecule has 0 spiro atoms. The van der Waals surface area contributed by atoms with Crippen LogP contribution in [0.25, 0.3) is 154 Å². The summed E-state index contributed by atoms with van der Waals surface area (Å²) in [4.78, 5) is 0. The Labute approximate surface area is 677 Å². The highest BCUT2D eigenvalue weighted by molar-refractivity contribution is 6.04. The van der Waals surface area contributed by atoms with Gasteiger partial charge < -0.3 is 4.42 Å². The van der Waals surface area contributed by atoms with Gasteiger partial charge in [-0.15, -0.1) is 0 Å². The number of nitrogens with zero attached hydrogens (tertiary/aromatic N) is 4. The van der Waals surface area contributed by atoms with Gasteiger partial charge in [0, 0.05) is 62.8 Å². The molecule has 13 aromatic carbocycles. The highest BCUT2D eigenvalue weighted by Gasteiger charge is 2.41. The topological polar surface area (TPSA) is 28.7 Å². The number of hydrogen-bond acceptors (Lipinski definition) is 1. The molecular weight excluding hydrogens is 1390 g/mol. The van der Waals surface area contributed by atoms with Crippen LogP contribution in [0.4, 0.5) is 0 Å². The van der Waals surface area contributed by atoms with Crippen molar-refractivity contribution in [3.8, 4) is 89.5 Å². The van der Waals surface area contributed by atoms with E-state index in [1.807, 2.05) is 6.07 Å². The van der Waals surface area contributed by atoms with E-state index < -0.39 is 0 Å². The first-order chi connectivity index (χ1) is 55.7. The van der Waals surface area contributed by atoms with E-state index >= 15 is 0 Å². The van der Waals surface area contributed by atoms with Gasteiger partial charge in [-0.2, -0.15) is 18.3 Å². The van der Waals surface area contributed by atoms with Crippen molar-refractivity contribution in [1.29, 1.82) is 0 Å². The zero-order valence-corrected chi connectivity index (χ0v) is 68.8. The molecule has 0 aliphatic heterocycles. The van der Waals surface area contributed by atoms with Gasteiger partial charge in [0.2, 0.25) is 22.8 Å². The first-order valence-electron chi connectivity index (χ1n) is 41.0. The fourth-order valence-electron chi connectivity index (χ4n) is 19.3. The number of benzene rings is 13. The third-order valence-electron chi connectivity index (χ3n) is 25.9. The summed E-state index contributed by atoms with van der Waals surface area (Å²) in [5.41, 5.74) is 38.1. The summed E-state index contributed by atoms with van der Waals surface area (Å²) in [6, 6.07) is 109. The number of fused-ring (bicyclic) bond motifs is 12. The number of aromatic nitrogens is 4. The lowest BCUT2D eigenvalue weighted by molar-refractivity contribution is -0.665. The Hall–Kier alpha value is -12.7. The van der Waals surface area contributed by atoms with Crippen molar-refractivity contribution in [2.45, 2.75) is 106 Å². The molecule has 3 aliphatic carbocycles. The molecule has 5 heterocycles. The molecule has 2 unspecified atom stereocenters. The third kappa shape index (κ3) is 13.3. The second kappa shape index (κ2) is 29.7. The molecule has 2 bridgehead atoms. The Balaban J connectivity index is 0.000000106. The van der Waals surface area contributed by atoms with Gasteiger partial charge >= 0.3 is 0 Å². The quantitative estimate of drug-likeness (QED) is 0.146. The minimum absolute atomic E-state index is 0.0420. The van der Waals surface area contributed by atoms with Crippen molar-refractivity contribution in [2.75, 3.05) is 0 Å². The van der Waals surface area contributed by atoms with Crippen LogP contribution in [-0.4, -0.2) is 0 Å². The molecule has 562 valence electrons. The Kier molecular flexibility index (Phi) is 19.0. The maximum absolute atomic E-state index is 5.68. The zero-order chi connectivity index (χ0) is 79.2. The van der Waals surface area contributed by atoms with Gasteiger partial charge in [0.05, 0.1) is 50.1 Å². The van der Waals surface area contributed by atoms with Crippen LogP contribution >= 0.6 is 0 Å². The van der Waals surface area contributed by atoms with E-state index in [9.17, 15) is 0 Å². The Morgan fingerprint density at radius 3 is 1.17 bits per heavy atom. The number of furan rings is 1. The van der Waals surface area contributed by atoms with Crippen LogP contribution in [0.2, 0.25) is 0 Å². The first kappa shape index (κ1) is 73.8. The van der Waals surface area contributed by atoms with Gasteiger partial charge in [0.15, 0.2) is 22.8 Å². The lowest BCUT2D eigenvalue weighted by Crippen LogP contribution is -2.38. The summed E-state index contributed by atoms with van der Waals surface area (Å²) < 4.78 is 15.0. The average molecular weight is 1490 g/mol.